The highest BCUT2D eigenvalue weighted by molar-refractivity contribution is 5.64. The zero-order valence-electron chi connectivity index (χ0n) is 13.7. The van der Waals surface area contributed by atoms with Crippen molar-refractivity contribution < 1.29 is 0 Å². The van der Waals surface area contributed by atoms with Crippen LogP contribution in [0.1, 0.15) is 64.5 Å². The summed E-state index contributed by atoms with van der Waals surface area (Å²) in [6, 6.07) is 7.30. The zero-order valence-corrected chi connectivity index (χ0v) is 13.7. The van der Waals surface area contributed by atoms with Crippen LogP contribution in [0.4, 0.5) is 5.69 Å². The topological polar surface area (TPSA) is 6.48 Å². The van der Waals surface area contributed by atoms with E-state index in [1.165, 1.54) is 16.8 Å². The third-order valence-corrected chi connectivity index (χ3v) is 4.05. The second-order valence-electron chi connectivity index (χ2n) is 6.61. The molecule has 1 aliphatic rings. The second kappa shape index (κ2) is 5.90. The van der Waals surface area contributed by atoms with Gasteiger partial charge in [-0.3, -0.25) is 0 Å². The fourth-order valence-corrected chi connectivity index (χ4v) is 2.76. The van der Waals surface area contributed by atoms with E-state index in [-0.39, 0.29) is 0 Å². The number of rotatable bonds is 4. The van der Waals surface area contributed by atoms with Crippen LogP contribution >= 0.6 is 0 Å². The molecular formula is C18H28N2. The van der Waals surface area contributed by atoms with Crippen LogP contribution in [0.2, 0.25) is 0 Å². The number of anilines is 1. The normalized spacial score (nSPS) is 15.2. The van der Waals surface area contributed by atoms with Crippen molar-refractivity contribution >= 4 is 5.69 Å². The van der Waals surface area contributed by atoms with Gasteiger partial charge >= 0.3 is 0 Å². The van der Waals surface area contributed by atoms with Crippen molar-refractivity contribution in [1.82, 2.24) is 4.90 Å². The van der Waals surface area contributed by atoms with Gasteiger partial charge in [0, 0.05) is 24.1 Å². The predicted molar refractivity (Wildman–Crippen MR) is 88.1 cm³/mol. The standard InChI is InChI=1S/C18H28N2/c1-13(2)16-8-7-9-17(14(3)4)18(16)20-11-10-19(12-20)15(5)6/h7-11,13-15H,12H2,1-6H3. The third-order valence-electron chi connectivity index (χ3n) is 4.05. The average Bonchev–Trinajstić information content (AvgIpc) is 2.87. The molecule has 0 atom stereocenters. The summed E-state index contributed by atoms with van der Waals surface area (Å²) in [4.78, 5) is 4.78. The lowest BCUT2D eigenvalue weighted by Gasteiger charge is -2.29. The van der Waals surface area contributed by atoms with Crippen LogP contribution in [-0.2, 0) is 0 Å². The number of hydrogen-bond donors (Lipinski definition) is 0. The first kappa shape index (κ1) is 15.0. The van der Waals surface area contributed by atoms with Crippen molar-refractivity contribution in [3.8, 4) is 0 Å². The molecule has 0 saturated carbocycles. The quantitative estimate of drug-likeness (QED) is 0.769. The van der Waals surface area contributed by atoms with Gasteiger partial charge in [0.1, 0.15) is 0 Å². The van der Waals surface area contributed by atoms with E-state index in [0.29, 0.717) is 17.9 Å². The van der Waals surface area contributed by atoms with E-state index in [2.05, 4.69) is 81.9 Å². The lowest BCUT2D eigenvalue weighted by Crippen LogP contribution is -2.31. The van der Waals surface area contributed by atoms with Gasteiger partial charge in [0.15, 0.2) is 0 Å². The second-order valence-corrected chi connectivity index (χ2v) is 6.61. The van der Waals surface area contributed by atoms with E-state index in [1.54, 1.807) is 0 Å². The van der Waals surface area contributed by atoms with Gasteiger partial charge in [-0.2, -0.15) is 0 Å². The Morgan fingerprint density at radius 1 is 0.850 bits per heavy atom. The Kier molecular flexibility index (Phi) is 4.42. The van der Waals surface area contributed by atoms with Gasteiger partial charge in [0.25, 0.3) is 0 Å². The van der Waals surface area contributed by atoms with Crippen LogP contribution in [0.25, 0.3) is 0 Å². The number of hydrogen-bond acceptors (Lipinski definition) is 2. The smallest absolute Gasteiger partial charge is 0.0944 e. The van der Waals surface area contributed by atoms with Crippen molar-refractivity contribution in [3.05, 3.63) is 41.7 Å². The fraction of sp³-hybridized carbons (Fsp3) is 0.556. The number of para-hydroxylation sites is 1. The van der Waals surface area contributed by atoms with Crippen molar-refractivity contribution in [3.63, 3.8) is 0 Å². The molecule has 110 valence electrons. The molecule has 0 saturated heterocycles. The molecule has 0 fully saturated rings. The lowest BCUT2D eigenvalue weighted by molar-refractivity contribution is 0.336. The Balaban J connectivity index is 2.42. The molecule has 1 aromatic rings. The molecule has 1 aliphatic heterocycles. The van der Waals surface area contributed by atoms with Crippen LogP contribution in [0.15, 0.2) is 30.6 Å². The molecule has 0 bridgehead atoms. The van der Waals surface area contributed by atoms with Gasteiger partial charge in [0.05, 0.1) is 6.67 Å². The Morgan fingerprint density at radius 2 is 1.40 bits per heavy atom. The van der Waals surface area contributed by atoms with E-state index in [1.807, 2.05) is 0 Å². The van der Waals surface area contributed by atoms with E-state index >= 15 is 0 Å². The van der Waals surface area contributed by atoms with Gasteiger partial charge in [-0.1, -0.05) is 45.9 Å². The van der Waals surface area contributed by atoms with Crippen LogP contribution < -0.4 is 4.90 Å². The first-order valence-electron chi connectivity index (χ1n) is 7.75. The van der Waals surface area contributed by atoms with Crippen molar-refractivity contribution in [1.29, 1.82) is 0 Å². The first-order chi connectivity index (χ1) is 9.41. The minimum Gasteiger partial charge on any atom is -0.356 e. The molecule has 0 aliphatic carbocycles. The largest absolute Gasteiger partial charge is 0.356 e. The van der Waals surface area contributed by atoms with Crippen molar-refractivity contribution in [2.75, 3.05) is 11.6 Å². The molecule has 20 heavy (non-hydrogen) atoms. The van der Waals surface area contributed by atoms with Crippen LogP contribution in [-0.4, -0.2) is 17.6 Å². The monoisotopic (exact) mass is 272 g/mol. The van der Waals surface area contributed by atoms with Crippen LogP contribution in [0.3, 0.4) is 0 Å². The summed E-state index contributed by atoms with van der Waals surface area (Å²) in [6.07, 6.45) is 4.44. The highest BCUT2D eigenvalue weighted by Crippen LogP contribution is 2.36. The fourth-order valence-electron chi connectivity index (χ4n) is 2.76. The average molecular weight is 272 g/mol. The molecule has 1 aromatic carbocycles. The van der Waals surface area contributed by atoms with E-state index in [4.69, 9.17) is 0 Å². The summed E-state index contributed by atoms with van der Waals surface area (Å²) >= 11 is 0. The van der Waals surface area contributed by atoms with Crippen molar-refractivity contribution in [2.45, 2.75) is 59.4 Å². The minimum absolute atomic E-state index is 0.546. The highest BCUT2D eigenvalue weighted by atomic mass is 15.4. The van der Waals surface area contributed by atoms with Crippen molar-refractivity contribution in [2.24, 2.45) is 0 Å². The molecule has 0 N–H and O–H groups in total. The Morgan fingerprint density at radius 3 is 1.80 bits per heavy atom. The molecule has 0 unspecified atom stereocenters. The maximum atomic E-state index is 2.41. The van der Waals surface area contributed by atoms with Gasteiger partial charge in [-0.25, -0.2) is 0 Å². The lowest BCUT2D eigenvalue weighted by atomic mass is 9.92. The zero-order chi connectivity index (χ0) is 14.9. The molecule has 1 heterocycles. The maximum Gasteiger partial charge on any atom is 0.0944 e. The summed E-state index contributed by atoms with van der Waals surface area (Å²) in [5, 5.41) is 0. The van der Waals surface area contributed by atoms with Gasteiger partial charge in [-0.05, 0) is 36.8 Å². The third kappa shape index (κ3) is 2.84. The van der Waals surface area contributed by atoms with Gasteiger partial charge in [-0.15, -0.1) is 0 Å². The summed E-state index contributed by atoms with van der Waals surface area (Å²) in [6.45, 7) is 14.6. The van der Waals surface area contributed by atoms with Gasteiger partial charge < -0.3 is 9.80 Å². The summed E-state index contributed by atoms with van der Waals surface area (Å²) < 4.78 is 0. The Bertz CT molecular complexity index is 460. The molecule has 0 amide bonds. The van der Waals surface area contributed by atoms with E-state index in [9.17, 15) is 0 Å². The first-order valence-corrected chi connectivity index (χ1v) is 7.75. The molecule has 2 nitrogen and oxygen atoms in total. The van der Waals surface area contributed by atoms with Crippen LogP contribution in [0.5, 0.6) is 0 Å². The Hall–Kier alpha value is -1.44. The van der Waals surface area contributed by atoms with Gasteiger partial charge in [0.2, 0.25) is 0 Å². The van der Waals surface area contributed by atoms with E-state index < -0.39 is 0 Å². The predicted octanol–water partition coefficient (Wildman–Crippen LogP) is 4.89. The summed E-state index contributed by atoms with van der Waals surface area (Å²) in [5.74, 6) is 1.09. The molecule has 0 radical (unpaired) electrons. The number of benzene rings is 1. The molecular weight excluding hydrogens is 244 g/mol. The van der Waals surface area contributed by atoms with Crippen LogP contribution in [0, 0.1) is 0 Å². The maximum absolute atomic E-state index is 2.41. The van der Waals surface area contributed by atoms with E-state index in [0.717, 1.165) is 6.67 Å². The summed E-state index contributed by atoms with van der Waals surface area (Å²) in [7, 11) is 0. The SMILES string of the molecule is CC(C)c1cccc(C(C)C)c1N1C=CN(C(C)C)C1. The summed E-state index contributed by atoms with van der Waals surface area (Å²) in [5.41, 5.74) is 4.31. The highest BCUT2D eigenvalue weighted by Gasteiger charge is 2.22. The molecule has 2 heteroatoms. The minimum atomic E-state index is 0.546. The molecule has 0 spiro atoms. The molecule has 0 aromatic heterocycles. The Labute approximate surface area is 124 Å². The number of nitrogens with zero attached hydrogens (tertiary/aromatic N) is 2. The molecule has 2 rings (SSSR count).